The van der Waals surface area contributed by atoms with E-state index in [4.69, 9.17) is 0 Å². The molecule has 0 aliphatic carbocycles. The van der Waals surface area contributed by atoms with Gasteiger partial charge in [-0.15, -0.1) is 0 Å². The molecule has 1 aliphatic rings. The highest BCUT2D eigenvalue weighted by Gasteiger charge is 2.25. The lowest BCUT2D eigenvalue weighted by atomic mass is 10.0. The van der Waals surface area contributed by atoms with Gasteiger partial charge in [-0.2, -0.15) is 0 Å². The van der Waals surface area contributed by atoms with E-state index >= 15 is 0 Å². The molecular weight excluding hydrogens is 356 g/mol. The SMILES string of the molecule is Cc1ncnc(N2CCC(N(C)c3ncc(Br)cn3)CC2)c1C. The second-order valence-electron chi connectivity index (χ2n) is 5.94. The molecule has 1 fully saturated rings. The minimum atomic E-state index is 0.454. The molecule has 122 valence electrons. The molecule has 0 atom stereocenters. The van der Waals surface area contributed by atoms with Crippen LogP contribution in [0.2, 0.25) is 0 Å². The molecule has 3 heterocycles. The van der Waals surface area contributed by atoms with E-state index in [1.807, 2.05) is 6.92 Å². The first kappa shape index (κ1) is 16.1. The normalized spacial score (nSPS) is 15.7. The molecule has 0 aromatic carbocycles. The fourth-order valence-corrected chi connectivity index (χ4v) is 3.17. The van der Waals surface area contributed by atoms with Crippen LogP contribution in [0.4, 0.5) is 11.8 Å². The number of aryl methyl sites for hydroxylation is 1. The lowest BCUT2D eigenvalue weighted by Crippen LogP contribution is -2.44. The fourth-order valence-electron chi connectivity index (χ4n) is 2.96. The summed E-state index contributed by atoms with van der Waals surface area (Å²) in [5, 5.41) is 0. The molecule has 0 N–H and O–H groups in total. The summed E-state index contributed by atoms with van der Waals surface area (Å²) >= 11 is 3.37. The van der Waals surface area contributed by atoms with Crippen molar-refractivity contribution < 1.29 is 0 Å². The summed E-state index contributed by atoms with van der Waals surface area (Å²) < 4.78 is 0.902. The summed E-state index contributed by atoms with van der Waals surface area (Å²) in [6.45, 7) is 6.11. The number of hydrogen-bond donors (Lipinski definition) is 0. The number of hydrogen-bond acceptors (Lipinski definition) is 6. The second-order valence-corrected chi connectivity index (χ2v) is 6.85. The zero-order valence-corrected chi connectivity index (χ0v) is 15.3. The highest BCUT2D eigenvalue weighted by molar-refractivity contribution is 9.10. The smallest absolute Gasteiger partial charge is 0.225 e. The minimum Gasteiger partial charge on any atom is -0.356 e. The largest absolute Gasteiger partial charge is 0.356 e. The topological polar surface area (TPSA) is 58.0 Å². The summed E-state index contributed by atoms with van der Waals surface area (Å²) in [4.78, 5) is 22.0. The van der Waals surface area contributed by atoms with Crippen molar-refractivity contribution in [3.8, 4) is 0 Å². The monoisotopic (exact) mass is 376 g/mol. The van der Waals surface area contributed by atoms with Crippen LogP contribution in [0.25, 0.3) is 0 Å². The van der Waals surface area contributed by atoms with Crippen LogP contribution in [0.1, 0.15) is 24.1 Å². The van der Waals surface area contributed by atoms with Crippen molar-refractivity contribution in [1.82, 2.24) is 19.9 Å². The van der Waals surface area contributed by atoms with Gasteiger partial charge in [0, 0.05) is 49.8 Å². The van der Waals surface area contributed by atoms with Crippen molar-refractivity contribution in [2.75, 3.05) is 29.9 Å². The lowest BCUT2D eigenvalue weighted by Gasteiger charge is -2.37. The number of piperidine rings is 1. The van der Waals surface area contributed by atoms with Crippen LogP contribution < -0.4 is 9.80 Å². The predicted octanol–water partition coefficient (Wildman–Crippen LogP) is 2.75. The molecule has 1 aliphatic heterocycles. The number of aromatic nitrogens is 4. The van der Waals surface area contributed by atoms with Crippen LogP contribution >= 0.6 is 15.9 Å². The molecule has 23 heavy (non-hydrogen) atoms. The molecule has 0 unspecified atom stereocenters. The summed E-state index contributed by atoms with van der Waals surface area (Å²) in [7, 11) is 2.07. The average molecular weight is 377 g/mol. The third-order valence-electron chi connectivity index (χ3n) is 4.54. The Balaban J connectivity index is 1.66. The van der Waals surface area contributed by atoms with Gasteiger partial charge in [0.1, 0.15) is 12.1 Å². The van der Waals surface area contributed by atoms with Crippen molar-refractivity contribution >= 4 is 27.7 Å². The number of anilines is 2. The Kier molecular flexibility index (Phi) is 4.75. The summed E-state index contributed by atoms with van der Waals surface area (Å²) in [6.07, 6.45) is 7.38. The van der Waals surface area contributed by atoms with Gasteiger partial charge in [0.2, 0.25) is 5.95 Å². The van der Waals surface area contributed by atoms with Crippen molar-refractivity contribution in [3.05, 3.63) is 34.5 Å². The first-order valence-corrected chi connectivity index (χ1v) is 8.59. The quantitative estimate of drug-likeness (QED) is 0.820. The second kappa shape index (κ2) is 6.78. The predicted molar refractivity (Wildman–Crippen MR) is 94.9 cm³/mol. The van der Waals surface area contributed by atoms with E-state index in [0.717, 1.165) is 47.9 Å². The van der Waals surface area contributed by atoms with Crippen LogP contribution in [0, 0.1) is 13.8 Å². The molecule has 7 heteroatoms. The zero-order chi connectivity index (χ0) is 16.4. The molecule has 0 radical (unpaired) electrons. The molecule has 0 saturated carbocycles. The van der Waals surface area contributed by atoms with E-state index in [1.54, 1.807) is 18.7 Å². The Morgan fingerprint density at radius 1 is 1.09 bits per heavy atom. The summed E-state index contributed by atoms with van der Waals surface area (Å²) in [6, 6.07) is 0.454. The third kappa shape index (κ3) is 3.44. The van der Waals surface area contributed by atoms with Gasteiger partial charge in [0.05, 0.1) is 4.47 Å². The van der Waals surface area contributed by atoms with Crippen molar-refractivity contribution in [2.24, 2.45) is 0 Å². The van der Waals surface area contributed by atoms with E-state index in [2.05, 4.69) is 59.6 Å². The van der Waals surface area contributed by atoms with Gasteiger partial charge < -0.3 is 9.80 Å². The summed E-state index contributed by atoms with van der Waals surface area (Å²) in [5.41, 5.74) is 2.23. The Morgan fingerprint density at radius 2 is 1.74 bits per heavy atom. The van der Waals surface area contributed by atoms with Gasteiger partial charge in [0.25, 0.3) is 0 Å². The van der Waals surface area contributed by atoms with Crippen LogP contribution in [0.5, 0.6) is 0 Å². The first-order valence-electron chi connectivity index (χ1n) is 7.80. The maximum absolute atomic E-state index is 4.47. The molecule has 6 nitrogen and oxygen atoms in total. The number of nitrogens with zero attached hydrogens (tertiary/aromatic N) is 6. The van der Waals surface area contributed by atoms with Gasteiger partial charge >= 0.3 is 0 Å². The van der Waals surface area contributed by atoms with Crippen molar-refractivity contribution in [2.45, 2.75) is 32.7 Å². The Morgan fingerprint density at radius 3 is 2.39 bits per heavy atom. The highest BCUT2D eigenvalue weighted by atomic mass is 79.9. The zero-order valence-electron chi connectivity index (χ0n) is 13.7. The van der Waals surface area contributed by atoms with Gasteiger partial charge in [-0.25, -0.2) is 19.9 Å². The van der Waals surface area contributed by atoms with Crippen LogP contribution in [0.15, 0.2) is 23.2 Å². The lowest BCUT2D eigenvalue weighted by molar-refractivity contribution is 0.474. The van der Waals surface area contributed by atoms with Crippen LogP contribution in [0.3, 0.4) is 0 Å². The van der Waals surface area contributed by atoms with Crippen LogP contribution in [-0.4, -0.2) is 46.1 Å². The van der Waals surface area contributed by atoms with E-state index < -0.39 is 0 Å². The van der Waals surface area contributed by atoms with Gasteiger partial charge in [-0.1, -0.05) is 0 Å². The molecule has 2 aromatic heterocycles. The maximum Gasteiger partial charge on any atom is 0.225 e. The molecule has 0 bridgehead atoms. The van der Waals surface area contributed by atoms with Crippen LogP contribution in [-0.2, 0) is 0 Å². The maximum atomic E-state index is 4.47. The average Bonchev–Trinajstić information content (AvgIpc) is 2.58. The molecular formula is C16H21BrN6. The highest BCUT2D eigenvalue weighted by Crippen LogP contribution is 2.25. The molecule has 0 amide bonds. The van der Waals surface area contributed by atoms with Crippen molar-refractivity contribution in [1.29, 1.82) is 0 Å². The molecule has 3 rings (SSSR count). The first-order chi connectivity index (χ1) is 11.1. The standard InChI is InChI=1S/C16H21BrN6/c1-11-12(2)20-10-21-15(11)23-6-4-14(5-7-23)22(3)16-18-8-13(17)9-19-16/h8-10,14H,4-7H2,1-3H3. The number of halogens is 1. The third-order valence-corrected chi connectivity index (χ3v) is 4.95. The van der Waals surface area contributed by atoms with Gasteiger partial charge in [0.15, 0.2) is 0 Å². The Bertz CT molecular complexity index is 667. The molecule has 1 saturated heterocycles. The summed E-state index contributed by atoms with van der Waals surface area (Å²) in [5.74, 6) is 1.85. The van der Waals surface area contributed by atoms with E-state index in [0.29, 0.717) is 6.04 Å². The molecule has 2 aromatic rings. The van der Waals surface area contributed by atoms with Crippen molar-refractivity contribution in [3.63, 3.8) is 0 Å². The van der Waals surface area contributed by atoms with Gasteiger partial charge in [-0.3, -0.25) is 0 Å². The van der Waals surface area contributed by atoms with Gasteiger partial charge in [-0.05, 0) is 42.6 Å². The Labute approximate surface area is 145 Å². The van der Waals surface area contributed by atoms with E-state index in [9.17, 15) is 0 Å². The van der Waals surface area contributed by atoms with E-state index in [-0.39, 0.29) is 0 Å². The Hall–Kier alpha value is -1.76. The molecule has 0 spiro atoms. The fraction of sp³-hybridized carbons (Fsp3) is 0.500. The minimum absolute atomic E-state index is 0.454. The van der Waals surface area contributed by atoms with E-state index in [1.165, 1.54) is 5.56 Å². The number of rotatable bonds is 3.